The maximum Gasteiger partial charge on any atom is 0.0775 e. The standard InChI is InChI=1S/C16H27IO/c1-14(2)12-6-9-15(14,3)13(10-12)18-16(11-17)7-4-5-8-16/h12-13H,4-11H2,1-3H3. The molecule has 0 aromatic heterocycles. The van der Waals surface area contributed by atoms with Gasteiger partial charge in [0.25, 0.3) is 0 Å². The summed E-state index contributed by atoms with van der Waals surface area (Å²) in [7, 11) is 0. The first-order valence-corrected chi connectivity index (χ1v) is 9.20. The lowest BCUT2D eigenvalue weighted by atomic mass is 9.70. The van der Waals surface area contributed by atoms with Crippen LogP contribution in [-0.2, 0) is 4.74 Å². The van der Waals surface area contributed by atoms with Crippen LogP contribution in [0.5, 0.6) is 0 Å². The number of hydrogen-bond acceptors (Lipinski definition) is 1. The van der Waals surface area contributed by atoms with E-state index in [0.717, 1.165) is 5.92 Å². The zero-order valence-corrected chi connectivity index (χ0v) is 14.3. The minimum absolute atomic E-state index is 0.231. The Hall–Kier alpha value is 0.690. The van der Waals surface area contributed by atoms with E-state index < -0.39 is 0 Å². The lowest BCUT2D eigenvalue weighted by Crippen LogP contribution is -2.44. The Morgan fingerprint density at radius 2 is 1.78 bits per heavy atom. The first-order valence-electron chi connectivity index (χ1n) is 7.67. The van der Waals surface area contributed by atoms with Gasteiger partial charge >= 0.3 is 0 Å². The van der Waals surface area contributed by atoms with Crippen LogP contribution in [0.4, 0.5) is 0 Å². The normalized spacial score (nSPS) is 44.7. The molecule has 0 aliphatic heterocycles. The van der Waals surface area contributed by atoms with Gasteiger partial charge in [0.05, 0.1) is 11.7 Å². The lowest BCUT2D eigenvalue weighted by molar-refractivity contribution is -0.129. The highest BCUT2D eigenvalue weighted by molar-refractivity contribution is 14.1. The van der Waals surface area contributed by atoms with Crippen molar-refractivity contribution < 1.29 is 4.74 Å². The number of halogens is 1. The fourth-order valence-corrected chi connectivity index (χ4v) is 5.86. The van der Waals surface area contributed by atoms with E-state index in [1.807, 2.05) is 0 Å². The third-order valence-electron chi connectivity index (χ3n) is 6.86. The molecule has 3 aliphatic rings. The molecule has 3 aliphatic carbocycles. The molecular formula is C16H27IO. The molecule has 3 unspecified atom stereocenters. The van der Waals surface area contributed by atoms with E-state index in [1.165, 1.54) is 49.4 Å². The van der Waals surface area contributed by atoms with Crippen LogP contribution in [-0.4, -0.2) is 16.1 Å². The van der Waals surface area contributed by atoms with Gasteiger partial charge in [0, 0.05) is 4.43 Å². The highest BCUT2D eigenvalue weighted by Crippen LogP contribution is 2.67. The van der Waals surface area contributed by atoms with Crippen LogP contribution in [0.2, 0.25) is 0 Å². The predicted octanol–water partition coefficient (Wildman–Crippen LogP) is 4.97. The van der Waals surface area contributed by atoms with Gasteiger partial charge in [0.1, 0.15) is 0 Å². The van der Waals surface area contributed by atoms with E-state index in [0.29, 0.717) is 16.9 Å². The molecule has 1 nitrogen and oxygen atoms in total. The number of hydrogen-bond donors (Lipinski definition) is 0. The molecule has 2 bridgehead atoms. The lowest BCUT2D eigenvalue weighted by Gasteiger charge is -2.43. The van der Waals surface area contributed by atoms with Crippen molar-refractivity contribution in [3.05, 3.63) is 0 Å². The van der Waals surface area contributed by atoms with Crippen LogP contribution in [0.15, 0.2) is 0 Å². The summed E-state index contributed by atoms with van der Waals surface area (Å²) in [5.41, 5.74) is 1.15. The zero-order chi connectivity index (χ0) is 13.0. The van der Waals surface area contributed by atoms with Crippen molar-refractivity contribution >= 4 is 22.6 Å². The molecule has 0 heterocycles. The van der Waals surface area contributed by atoms with Crippen molar-refractivity contribution in [2.75, 3.05) is 4.43 Å². The fourth-order valence-electron chi connectivity index (χ4n) is 4.91. The van der Waals surface area contributed by atoms with Crippen molar-refractivity contribution in [3.63, 3.8) is 0 Å². The summed E-state index contributed by atoms with van der Waals surface area (Å²) in [6.07, 6.45) is 10.0. The van der Waals surface area contributed by atoms with Gasteiger partial charge < -0.3 is 4.74 Å². The molecule has 3 saturated carbocycles. The largest absolute Gasteiger partial charge is 0.370 e. The van der Waals surface area contributed by atoms with Gasteiger partial charge in [-0.05, 0) is 48.9 Å². The monoisotopic (exact) mass is 362 g/mol. The molecule has 0 N–H and O–H groups in total. The minimum Gasteiger partial charge on any atom is -0.370 e. The highest BCUT2D eigenvalue weighted by Gasteiger charge is 2.63. The van der Waals surface area contributed by atoms with Crippen molar-refractivity contribution in [2.45, 2.75) is 77.4 Å². The molecular weight excluding hydrogens is 335 g/mol. The van der Waals surface area contributed by atoms with Crippen LogP contribution in [0.3, 0.4) is 0 Å². The van der Waals surface area contributed by atoms with Gasteiger partial charge in [-0.1, -0.05) is 56.2 Å². The third kappa shape index (κ3) is 1.73. The molecule has 18 heavy (non-hydrogen) atoms. The molecule has 0 spiro atoms. The summed E-state index contributed by atoms with van der Waals surface area (Å²) < 4.78 is 7.96. The topological polar surface area (TPSA) is 9.23 Å². The van der Waals surface area contributed by atoms with Gasteiger partial charge in [-0.2, -0.15) is 0 Å². The van der Waals surface area contributed by atoms with Gasteiger partial charge in [-0.25, -0.2) is 0 Å². The second-order valence-electron chi connectivity index (χ2n) is 7.74. The summed E-state index contributed by atoms with van der Waals surface area (Å²) in [5, 5.41) is 0. The average Bonchev–Trinajstić information content (AvgIpc) is 2.93. The molecule has 3 fully saturated rings. The maximum absolute atomic E-state index is 6.77. The van der Waals surface area contributed by atoms with Crippen LogP contribution < -0.4 is 0 Å². The second-order valence-corrected chi connectivity index (χ2v) is 8.50. The summed E-state index contributed by atoms with van der Waals surface area (Å²) in [4.78, 5) is 0. The van der Waals surface area contributed by atoms with Crippen molar-refractivity contribution in [1.82, 2.24) is 0 Å². The molecule has 0 radical (unpaired) electrons. The maximum atomic E-state index is 6.77. The van der Waals surface area contributed by atoms with Crippen LogP contribution in [0.25, 0.3) is 0 Å². The number of alkyl halides is 1. The van der Waals surface area contributed by atoms with E-state index in [4.69, 9.17) is 4.74 Å². The first-order chi connectivity index (χ1) is 8.44. The number of fused-ring (bicyclic) bond motifs is 2. The average molecular weight is 362 g/mol. The Balaban J connectivity index is 1.79. The molecule has 3 atom stereocenters. The molecule has 0 saturated heterocycles. The van der Waals surface area contributed by atoms with E-state index in [1.54, 1.807) is 0 Å². The minimum atomic E-state index is 0.231. The Kier molecular flexibility index (Phi) is 3.30. The fraction of sp³-hybridized carbons (Fsp3) is 1.00. The molecule has 2 heteroatoms. The zero-order valence-electron chi connectivity index (χ0n) is 12.1. The smallest absolute Gasteiger partial charge is 0.0775 e. The quantitative estimate of drug-likeness (QED) is 0.509. The Morgan fingerprint density at radius 3 is 2.22 bits per heavy atom. The summed E-state index contributed by atoms with van der Waals surface area (Å²) in [5.74, 6) is 0.903. The molecule has 0 amide bonds. The Morgan fingerprint density at radius 1 is 1.11 bits per heavy atom. The Labute approximate surface area is 126 Å². The van der Waals surface area contributed by atoms with Crippen LogP contribution in [0, 0.1) is 16.7 Å². The van der Waals surface area contributed by atoms with Crippen molar-refractivity contribution in [2.24, 2.45) is 16.7 Å². The van der Waals surface area contributed by atoms with Gasteiger partial charge in [0.2, 0.25) is 0 Å². The predicted molar refractivity (Wildman–Crippen MR) is 84.2 cm³/mol. The van der Waals surface area contributed by atoms with E-state index in [-0.39, 0.29) is 5.60 Å². The number of ether oxygens (including phenoxy) is 1. The van der Waals surface area contributed by atoms with Crippen molar-refractivity contribution in [3.8, 4) is 0 Å². The third-order valence-corrected chi connectivity index (χ3v) is 8.25. The van der Waals surface area contributed by atoms with E-state index >= 15 is 0 Å². The van der Waals surface area contributed by atoms with Crippen LogP contribution >= 0.6 is 22.6 Å². The molecule has 0 aromatic carbocycles. The highest BCUT2D eigenvalue weighted by atomic mass is 127. The Bertz CT molecular complexity index is 332. The SMILES string of the molecule is CC1(C)C2CCC1(C)C(OC1(CI)CCCC1)C2. The van der Waals surface area contributed by atoms with Gasteiger partial charge in [0.15, 0.2) is 0 Å². The van der Waals surface area contributed by atoms with Gasteiger partial charge in [-0.3, -0.25) is 0 Å². The second kappa shape index (κ2) is 4.34. The van der Waals surface area contributed by atoms with E-state index in [9.17, 15) is 0 Å². The molecule has 3 rings (SSSR count). The molecule has 0 aromatic rings. The summed E-state index contributed by atoms with van der Waals surface area (Å²) >= 11 is 2.55. The number of rotatable bonds is 3. The van der Waals surface area contributed by atoms with Gasteiger partial charge in [-0.15, -0.1) is 0 Å². The van der Waals surface area contributed by atoms with Crippen molar-refractivity contribution in [1.29, 1.82) is 0 Å². The summed E-state index contributed by atoms with van der Waals surface area (Å²) in [6, 6.07) is 0. The van der Waals surface area contributed by atoms with E-state index in [2.05, 4.69) is 43.4 Å². The van der Waals surface area contributed by atoms with Crippen LogP contribution in [0.1, 0.15) is 65.7 Å². The first kappa shape index (κ1) is 13.7. The molecule has 104 valence electrons. The summed E-state index contributed by atoms with van der Waals surface area (Å²) in [6.45, 7) is 7.47.